The van der Waals surface area contributed by atoms with Crippen LogP contribution in [0, 0.1) is 11.7 Å². The molecule has 0 bridgehead atoms. The van der Waals surface area contributed by atoms with Crippen LogP contribution in [0.3, 0.4) is 0 Å². The van der Waals surface area contributed by atoms with Crippen molar-refractivity contribution in [2.75, 3.05) is 26.7 Å². The number of hydrogen-bond donors (Lipinski definition) is 1. The second-order valence-electron chi connectivity index (χ2n) is 6.30. The van der Waals surface area contributed by atoms with E-state index in [1.807, 2.05) is 6.92 Å². The number of rotatable bonds is 7. The predicted molar refractivity (Wildman–Crippen MR) is 89.0 cm³/mol. The van der Waals surface area contributed by atoms with Gasteiger partial charge in [0, 0.05) is 6.54 Å². The van der Waals surface area contributed by atoms with Gasteiger partial charge in [0.1, 0.15) is 11.6 Å². The smallest absolute Gasteiger partial charge is 0.261 e. The average molecular weight is 322 g/mol. The third kappa shape index (κ3) is 5.82. The number of hydrogen-bond acceptors (Lipinski definition) is 3. The molecule has 128 valence electrons. The van der Waals surface area contributed by atoms with Gasteiger partial charge in [-0.05, 0) is 76.0 Å². The highest BCUT2D eigenvalue weighted by molar-refractivity contribution is 5.81. The molecule has 1 unspecified atom stereocenters. The van der Waals surface area contributed by atoms with Crippen molar-refractivity contribution in [3.8, 4) is 5.75 Å². The third-order valence-electron chi connectivity index (χ3n) is 4.45. The Labute approximate surface area is 138 Å². The topological polar surface area (TPSA) is 41.6 Å². The maximum atomic E-state index is 12.9. The molecule has 1 saturated heterocycles. The Hall–Kier alpha value is -1.62. The van der Waals surface area contributed by atoms with E-state index in [1.165, 1.54) is 25.0 Å². The molecule has 1 atom stereocenters. The number of carbonyl (C=O) groups is 1. The highest BCUT2D eigenvalue weighted by atomic mass is 19.1. The summed E-state index contributed by atoms with van der Waals surface area (Å²) in [6.45, 7) is 4.88. The maximum Gasteiger partial charge on any atom is 0.261 e. The van der Waals surface area contributed by atoms with E-state index in [2.05, 4.69) is 17.3 Å². The van der Waals surface area contributed by atoms with Crippen molar-refractivity contribution in [3.05, 3.63) is 30.1 Å². The van der Waals surface area contributed by atoms with Crippen molar-refractivity contribution in [3.63, 3.8) is 0 Å². The van der Waals surface area contributed by atoms with Gasteiger partial charge >= 0.3 is 0 Å². The number of carbonyl (C=O) groups excluding carboxylic acids is 1. The molecule has 0 spiro atoms. The summed E-state index contributed by atoms with van der Waals surface area (Å²) in [7, 11) is 2.15. The largest absolute Gasteiger partial charge is 0.481 e. The Morgan fingerprint density at radius 2 is 2.00 bits per heavy atom. The number of likely N-dealkylation sites (tertiary alicyclic amines) is 1. The van der Waals surface area contributed by atoms with E-state index in [4.69, 9.17) is 4.74 Å². The Morgan fingerprint density at radius 1 is 1.35 bits per heavy atom. The molecule has 1 aromatic carbocycles. The predicted octanol–water partition coefficient (Wildman–Crippen LogP) is 2.83. The van der Waals surface area contributed by atoms with Gasteiger partial charge in [-0.25, -0.2) is 4.39 Å². The van der Waals surface area contributed by atoms with E-state index < -0.39 is 6.10 Å². The minimum absolute atomic E-state index is 0.0928. The lowest BCUT2D eigenvalue weighted by Crippen LogP contribution is -2.39. The molecule has 0 aliphatic carbocycles. The molecule has 1 aliphatic heterocycles. The van der Waals surface area contributed by atoms with E-state index in [-0.39, 0.29) is 11.7 Å². The molecule has 23 heavy (non-hydrogen) atoms. The first-order chi connectivity index (χ1) is 11.1. The van der Waals surface area contributed by atoms with Crippen molar-refractivity contribution in [2.24, 2.45) is 5.92 Å². The molecule has 1 aromatic rings. The van der Waals surface area contributed by atoms with Gasteiger partial charge in [-0.2, -0.15) is 0 Å². The van der Waals surface area contributed by atoms with Crippen molar-refractivity contribution >= 4 is 5.91 Å². The summed E-state index contributed by atoms with van der Waals surface area (Å²) in [6, 6.07) is 5.76. The number of halogens is 1. The van der Waals surface area contributed by atoms with Crippen LogP contribution < -0.4 is 10.1 Å². The molecule has 1 fully saturated rings. The molecular formula is C18H27FN2O2. The van der Waals surface area contributed by atoms with Gasteiger partial charge in [0.2, 0.25) is 0 Å². The van der Waals surface area contributed by atoms with Crippen LogP contribution in [0.5, 0.6) is 5.75 Å². The summed E-state index contributed by atoms with van der Waals surface area (Å²) in [5, 5.41) is 2.97. The summed E-state index contributed by atoms with van der Waals surface area (Å²) >= 11 is 0. The fourth-order valence-corrected chi connectivity index (χ4v) is 2.86. The number of nitrogens with zero attached hydrogens (tertiary/aromatic N) is 1. The van der Waals surface area contributed by atoms with Gasteiger partial charge in [-0.15, -0.1) is 0 Å². The van der Waals surface area contributed by atoms with E-state index >= 15 is 0 Å². The maximum absolute atomic E-state index is 12.9. The normalized spacial score (nSPS) is 17.7. The van der Waals surface area contributed by atoms with Gasteiger partial charge in [0.15, 0.2) is 6.10 Å². The van der Waals surface area contributed by atoms with Crippen LogP contribution in [0.4, 0.5) is 4.39 Å². The number of amides is 1. The molecule has 5 heteroatoms. The Morgan fingerprint density at radius 3 is 2.61 bits per heavy atom. The molecule has 4 nitrogen and oxygen atoms in total. The minimum Gasteiger partial charge on any atom is -0.481 e. The Bertz CT molecular complexity index is 484. The monoisotopic (exact) mass is 322 g/mol. The van der Waals surface area contributed by atoms with Crippen LogP contribution in [-0.2, 0) is 4.79 Å². The summed E-state index contributed by atoms with van der Waals surface area (Å²) in [4.78, 5) is 14.6. The molecule has 1 aliphatic rings. The lowest BCUT2D eigenvalue weighted by molar-refractivity contribution is -0.128. The Kier molecular flexibility index (Phi) is 6.84. The van der Waals surface area contributed by atoms with Gasteiger partial charge in [-0.3, -0.25) is 4.79 Å². The Balaban J connectivity index is 1.73. The summed E-state index contributed by atoms with van der Waals surface area (Å²) in [5.74, 6) is 0.811. The van der Waals surface area contributed by atoms with Crippen molar-refractivity contribution in [1.29, 1.82) is 0 Å². The highest BCUT2D eigenvalue weighted by Crippen LogP contribution is 2.19. The molecule has 1 N–H and O–H groups in total. The van der Waals surface area contributed by atoms with Crippen molar-refractivity contribution < 1.29 is 13.9 Å². The molecular weight excluding hydrogens is 295 g/mol. The standard InChI is InChI=1S/C18H27FN2O2/c1-3-17(23-16-6-4-15(19)5-7-16)18(22)20-11-8-14-9-12-21(2)13-10-14/h4-7,14,17H,3,8-13H2,1-2H3,(H,20,22). The SMILES string of the molecule is CCC(Oc1ccc(F)cc1)C(=O)NCCC1CCN(C)CC1. The van der Waals surface area contributed by atoms with Crippen LogP contribution in [0.15, 0.2) is 24.3 Å². The third-order valence-corrected chi connectivity index (χ3v) is 4.45. The van der Waals surface area contributed by atoms with Crippen molar-refractivity contribution in [1.82, 2.24) is 10.2 Å². The average Bonchev–Trinajstić information content (AvgIpc) is 2.56. The lowest BCUT2D eigenvalue weighted by atomic mass is 9.94. The second-order valence-corrected chi connectivity index (χ2v) is 6.30. The molecule has 1 heterocycles. The zero-order valence-corrected chi connectivity index (χ0v) is 14.1. The van der Waals surface area contributed by atoms with Gasteiger partial charge in [0.05, 0.1) is 0 Å². The first-order valence-electron chi connectivity index (χ1n) is 8.47. The zero-order valence-electron chi connectivity index (χ0n) is 14.1. The number of benzene rings is 1. The molecule has 0 saturated carbocycles. The van der Waals surface area contributed by atoms with Crippen LogP contribution in [0.2, 0.25) is 0 Å². The first kappa shape index (κ1) is 17.7. The van der Waals surface area contributed by atoms with E-state index in [0.717, 1.165) is 19.5 Å². The number of piperidine rings is 1. The first-order valence-corrected chi connectivity index (χ1v) is 8.47. The van der Waals surface area contributed by atoms with Crippen molar-refractivity contribution in [2.45, 2.75) is 38.7 Å². The summed E-state index contributed by atoms with van der Waals surface area (Å²) in [6.07, 6.45) is 3.48. The zero-order chi connectivity index (χ0) is 16.7. The van der Waals surface area contributed by atoms with E-state index in [9.17, 15) is 9.18 Å². The molecule has 0 radical (unpaired) electrons. The van der Waals surface area contributed by atoms with Crippen LogP contribution >= 0.6 is 0 Å². The minimum atomic E-state index is -0.530. The number of nitrogens with one attached hydrogen (secondary N) is 1. The van der Waals surface area contributed by atoms with Crippen LogP contribution in [0.1, 0.15) is 32.6 Å². The fraction of sp³-hybridized carbons (Fsp3) is 0.611. The molecule has 0 aromatic heterocycles. The fourth-order valence-electron chi connectivity index (χ4n) is 2.86. The van der Waals surface area contributed by atoms with Gasteiger partial charge < -0.3 is 15.0 Å². The summed E-state index contributed by atoms with van der Waals surface area (Å²) in [5.41, 5.74) is 0. The van der Waals surface area contributed by atoms with Crippen LogP contribution in [0.25, 0.3) is 0 Å². The lowest BCUT2D eigenvalue weighted by Gasteiger charge is -2.29. The highest BCUT2D eigenvalue weighted by Gasteiger charge is 2.20. The molecule has 1 amide bonds. The van der Waals surface area contributed by atoms with Crippen LogP contribution in [-0.4, -0.2) is 43.6 Å². The summed E-state index contributed by atoms with van der Waals surface area (Å²) < 4.78 is 18.5. The van der Waals surface area contributed by atoms with E-state index in [1.54, 1.807) is 12.1 Å². The van der Waals surface area contributed by atoms with Gasteiger partial charge in [-0.1, -0.05) is 6.92 Å². The molecule has 2 rings (SSSR count). The van der Waals surface area contributed by atoms with E-state index in [0.29, 0.717) is 24.6 Å². The second kappa shape index (κ2) is 8.87. The van der Waals surface area contributed by atoms with Gasteiger partial charge in [0.25, 0.3) is 5.91 Å². The number of ether oxygens (including phenoxy) is 1. The quantitative estimate of drug-likeness (QED) is 0.839.